The van der Waals surface area contributed by atoms with Crippen LogP contribution in [0.1, 0.15) is 27.5 Å². The lowest BCUT2D eigenvalue weighted by Crippen LogP contribution is -2.29. The Hall–Kier alpha value is -2.36. The smallest absolute Gasteiger partial charge is 0.252 e. The van der Waals surface area contributed by atoms with Crippen LogP contribution in [0.5, 0.6) is 0 Å². The Kier molecular flexibility index (Phi) is 5.14. The van der Waals surface area contributed by atoms with Crippen molar-refractivity contribution in [1.82, 2.24) is 10.3 Å². The van der Waals surface area contributed by atoms with Gasteiger partial charge in [-0.1, -0.05) is 41.4 Å². The van der Waals surface area contributed by atoms with Gasteiger partial charge in [0.1, 0.15) is 0 Å². The second-order valence-electron chi connectivity index (χ2n) is 5.25. The predicted octanol–water partition coefficient (Wildman–Crippen LogP) is 4.91. The first-order valence-corrected chi connectivity index (χ1v) is 8.11. The van der Waals surface area contributed by atoms with Crippen LogP contribution in [-0.4, -0.2) is 10.9 Å². The molecule has 0 saturated carbocycles. The zero-order valence-electron chi connectivity index (χ0n) is 12.6. The molecule has 3 aromatic rings. The molecule has 1 N–H and O–H groups in total. The van der Waals surface area contributed by atoms with Crippen LogP contribution >= 0.6 is 23.2 Å². The second kappa shape index (κ2) is 7.47. The second-order valence-corrected chi connectivity index (χ2v) is 6.12. The van der Waals surface area contributed by atoms with Gasteiger partial charge in [-0.25, -0.2) is 0 Å². The monoisotopic (exact) mass is 356 g/mol. The summed E-state index contributed by atoms with van der Waals surface area (Å²) < 4.78 is 0. The SMILES string of the molecule is O=C(NC(c1ccc(Cl)cc1)c1cccnc1)c1ccc(Cl)cc1. The van der Waals surface area contributed by atoms with E-state index in [1.165, 1.54) is 0 Å². The van der Waals surface area contributed by atoms with Gasteiger partial charge < -0.3 is 5.32 Å². The van der Waals surface area contributed by atoms with Crippen molar-refractivity contribution in [3.8, 4) is 0 Å². The summed E-state index contributed by atoms with van der Waals surface area (Å²) in [7, 11) is 0. The normalized spacial score (nSPS) is 11.8. The van der Waals surface area contributed by atoms with Crippen LogP contribution in [-0.2, 0) is 0 Å². The number of nitrogens with one attached hydrogen (secondary N) is 1. The number of carbonyl (C=O) groups is 1. The molecule has 1 heterocycles. The summed E-state index contributed by atoms with van der Waals surface area (Å²) in [5.74, 6) is -0.185. The number of rotatable bonds is 4. The van der Waals surface area contributed by atoms with Gasteiger partial charge in [0.25, 0.3) is 5.91 Å². The maximum absolute atomic E-state index is 12.6. The maximum atomic E-state index is 12.6. The van der Waals surface area contributed by atoms with Gasteiger partial charge in [-0.2, -0.15) is 0 Å². The molecular formula is C19H14Cl2N2O. The van der Waals surface area contributed by atoms with Crippen molar-refractivity contribution in [3.63, 3.8) is 0 Å². The lowest BCUT2D eigenvalue weighted by Gasteiger charge is -2.19. The van der Waals surface area contributed by atoms with Crippen LogP contribution in [0, 0.1) is 0 Å². The number of hydrogen-bond acceptors (Lipinski definition) is 2. The van der Waals surface area contributed by atoms with Crippen molar-refractivity contribution < 1.29 is 4.79 Å². The third kappa shape index (κ3) is 3.94. The molecule has 0 aliphatic carbocycles. The van der Waals surface area contributed by atoms with E-state index in [4.69, 9.17) is 23.2 Å². The average molecular weight is 357 g/mol. The summed E-state index contributed by atoms with van der Waals surface area (Å²) in [6.45, 7) is 0. The molecule has 120 valence electrons. The zero-order valence-corrected chi connectivity index (χ0v) is 14.1. The highest BCUT2D eigenvalue weighted by atomic mass is 35.5. The largest absolute Gasteiger partial charge is 0.341 e. The number of nitrogens with zero attached hydrogens (tertiary/aromatic N) is 1. The maximum Gasteiger partial charge on any atom is 0.252 e. The fourth-order valence-electron chi connectivity index (χ4n) is 2.38. The van der Waals surface area contributed by atoms with E-state index in [-0.39, 0.29) is 11.9 Å². The lowest BCUT2D eigenvalue weighted by molar-refractivity contribution is 0.0943. The minimum absolute atomic E-state index is 0.185. The molecule has 0 spiro atoms. The first-order valence-electron chi connectivity index (χ1n) is 7.35. The number of halogens is 2. The number of aromatic nitrogens is 1. The third-order valence-corrected chi connectivity index (χ3v) is 4.11. The third-order valence-electron chi connectivity index (χ3n) is 3.60. The molecule has 1 aromatic heterocycles. The number of benzene rings is 2. The molecule has 1 amide bonds. The summed E-state index contributed by atoms with van der Waals surface area (Å²) >= 11 is 11.8. The minimum atomic E-state index is -0.320. The van der Waals surface area contributed by atoms with Gasteiger partial charge in [-0.3, -0.25) is 9.78 Å². The van der Waals surface area contributed by atoms with Crippen molar-refractivity contribution in [2.24, 2.45) is 0 Å². The van der Waals surface area contributed by atoms with Gasteiger partial charge in [-0.05, 0) is 53.6 Å². The molecule has 0 fully saturated rings. The topological polar surface area (TPSA) is 42.0 Å². The van der Waals surface area contributed by atoms with Crippen LogP contribution in [0.15, 0.2) is 73.1 Å². The van der Waals surface area contributed by atoms with Gasteiger partial charge in [0.2, 0.25) is 0 Å². The summed E-state index contributed by atoms with van der Waals surface area (Å²) in [6, 6.07) is 17.6. The lowest BCUT2D eigenvalue weighted by atomic mass is 9.99. The Bertz CT molecular complexity index is 818. The van der Waals surface area contributed by atoms with Crippen molar-refractivity contribution in [1.29, 1.82) is 0 Å². The Morgan fingerprint density at radius 2 is 1.50 bits per heavy atom. The van der Waals surface area contributed by atoms with Gasteiger partial charge in [0.15, 0.2) is 0 Å². The molecule has 0 radical (unpaired) electrons. The van der Waals surface area contributed by atoms with Gasteiger partial charge in [0.05, 0.1) is 6.04 Å². The van der Waals surface area contributed by atoms with Crippen LogP contribution in [0.4, 0.5) is 0 Å². The molecule has 0 aliphatic heterocycles. The zero-order chi connectivity index (χ0) is 16.9. The average Bonchev–Trinajstić information content (AvgIpc) is 2.62. The Morgan fingerprint density at radius 3 is 2.08 bits per heavy atom. The van der Waals surface area contributed by atoms with E-state index in [1.54, 1.807) is 48.8 Å². The molecule has 0 saturated heterocycles. The molecule has 24 heavy (non-hydrogen) atoms. The molecule has 1 unspecified atom stereocenters. The first-order chi connectivity index (χ1) is 11.6. The van der Waals surface area contributed by atoms with Crippen LogP contribution < -0.4 is 5.32 Å². The van der Waals surface area contributed by atoms with E-state index in [0.717, 1.165) is 11.1 Å². The number of hydrogen-bond donors (Lipinski definition) is 1. The van der Waals surface area contributed by atoms with E-state index >= 15 is 0 Å². The molecule has 0 bridgehead atoms. The van der Waals surface area contributed by atoms with E-state index in [1.807, 2.05) is 24.3 Å². The molecule has 3 nitrogen and oxygen atoms in total. The fraction of sp³-hybridized carbons (Fsp3) is 0.0526. The predicted molar refractivity (Wildman–Crippen MR) is 96.5 cm³/mol. The van der Waals surface area contributed by atoms with Crippen LogP contribution in [0.2, 0.25) is 10.0 Å². The molecule has 2 aromatic carbocycles. The van der Waals surface area contributed by atoms with Gasteiger partial charge in [0, 0.05) is 28.0 Å². The summed E-state index contributed by atoms with van der Waals surface area (Å²) in [4.78, 5) is 16.7. The van der Waals surface area contributed by atoms with E-state index in [0.29, 0.717) is 15.6 Å². The van der Waals surface area contributed by atoms with E-state index < -0.39 is 0 Å². The van der Waals surface area contributed by atoms with E-state index in [2.05, 4.69) is 10.3 Å². The highest BCUT2D eigenvalue weighted by Crippen LogP contribution is 2.23. The minimum Gasteiger partial charge on any atom is -0.341 e. The van der Waals surface area contributed by atoms with Crippen molar-refractivity contribution in [2.45, 2.75) is 6.04 Å². The highest BCUT2D eigenvalue weighted by Gasteiger charge is 2.18. The standard InChI is InChI=1S/C19H14Cl2N2O/c20-16-7-3-13(4-8-16)18(15-2-1-11-22-12-15)23-19(24)14-5-9-17(21)10-6-14/h1-12,18H,(H,23,24). The Morgan fingerprint density at radius 1 is 0.875 bits per heavy atom. The first kappa shape index (κ1) is 16.5. The molecule has 0 aliphatic rings. The number of carbonyl (C=O) groups excluding carboxylic acids is 1. The molecule has 1 atom stereocenters. The number of pyridine rings is 1. The van der Waals surface area contributed by atoms with Crippen LogP contribution in [0.3, 0.4) is 0 Å². The fourth-order valence-corrected chi connectivity index (χ4v) is 2.63. The van der Waals surface area contributed by atoms with Crippen molar-refractivity contribution in [3.05, 3.63) is 99.8 Å². The summed E-state index contributed by atoms with van der Waals surface area (Å²) in [5, 5.41) is 4.28. The number of amides is 1. The van der Waals surface area contributed by atoms with Gasteiger partial charge in [-0.15, -0.1) is 0 Å². The van der Waals surface area contributed by atoms with Gasteiger partial charge >= 0.3 is 0 Å². The van der Waals surface area contributed by atoms with Crippen LogP contribution in [0.25, 0.3) is 0 Å². The van der Waals surface area contributed by atoms with Crippen molar-refractivity contribution in [2.75, 3.05) is 0 Å². The quantitative estimate of drug-likeness (QED) is 0.721. The molecule has 3 rings (SSSR count). The molecule has 5 heteroatoms. The molecular weight excluding hydrogens is 343 g/mol. The Labute approximate surface area is 150 Å². The van der Waals surface area contributed by atoms with E-state index in [9.17, 15) is 4.79 Å². The highest BCUT2D eigenvalue weighted by molar-refractivity contribution is 6.30. The Balaban J connectivity index is 1.91. The van der Waals surface area contributed by atoms with Crippen molar-refractivity contribution >= 4 is 29.1 Å². The summed E-state index contributed by atoms with van der Waals surface area (Å²) in [5.41, 5.74) is 2.36. The summed E-state index contributed by atoms with van der Waals surface area (Å²) in [6.07, 6.45) is 3.44.